The lowest BCUT2D eigenvalue weighted by molar-refractivity contribution is -0.115. The molecule has 4 rings (SSSR count). The second-order valence-corrected chi connectivity index (χ2v) is 10.1. The monoisotopic (exact) mass is 422 g/mol. The topological polar surface area (TPSA) is 75.3 Å². The van der Waals surface area contributed by atoms with Crippen LogP contribution in [0.5, 0.6) is 0 Å². The minimum atomic E-state index is -3.63. The molecule has 0 atom stereocenters. The maximum atomic E-state index is 12.7. The predicted octanol–water partition coefficient (Wildman–Crippen LogP) is 4.00. The number of nitrogens with one attached hydrogen (secondary N) is 2. The number of rotatable bonds is 4. The van der Waals surface area contributed by atoms with Gasteiger partial charge in [0.1, 0.15) is 0 Å². The van der Waals surface area contributed by atoms with Crippen LogP contribution >= 0.6 is 23.4 Å². The number of halogens is 1. The smallest absolute Gasteiger partial charge is 0.240 e. The van der Waals surface area contributed by atoms with Gasteiger partial charge >= 0.3 is 0 Å². The van der Waals surface area contributed by atoms with Gasteiger partial charge in [-0.3, -0.25) is 4.79 Å². The molecule has 5 nitrogen and oxygen atoms in total. The highest BCUT2D eigenvalue weighted by Crippen LogP contribution is 2.38. The van der Waals surface area contributed by atoms with Crippen LogP contribution < -0.4 is 10.0 Å². The van der Waals surface area contributed by atoms with E-state index in [1.165, 1.54) is 5.56 Å². The first-order valence-corrected chi connectivity index (χ1v) is 11.6. The van der Waals surface area contributed by atoms with Gasteiger partial charge in [-0.15, -0.1) is 11.8 Å². The summed E-state index contributed by atoms with van der Waals surface area (Å²) in [6.07, 6.45) is 1.95. The molecule has 0 bridgehead atoms. The van der Waals surface area contributed by atoms with Crippen molar-refractivity contribution in [3.8, 4) is 0 Å². The van der Waals surface area contributed by atoms with Crippen LogP contribution in [-0.4, -0.2) is 26.1 Å². The minimum absolute atomic E-state index is 0.0848. The molecule has 8 heteroatoms. The standard InChI is InChI=1S/C19H19ClN2O3S2/c20-14-3-1-12(2-4-14)13-9-15(10-13)22-27(24,25)16-5-6-18-17(11-16)21-19(23)7-8-26-18/h1-6,11,13,15,22H,7-10H2,(H,21,23). The van der Waals surface area contributed by atoms with Crippen molar-refractivity contribution >= 4 is 45.0 Å². The first-order valence-electron chi connectivity index (χ1n) is 8.75. The number of carbonyl (C=O) groups is 1. The number of fused-ring (bicyclic) bond motifs is 1. The molecular formula is C19H19ClN2O3S2. The van der Waals surface area contributed by atoms with Gasteiger partial charge in [-0.2, -0.15) is 0 Å². The number of amides is 1. The van der Waals surface area contributed by atoms with E-state index in [1.54, 1.807) is 30.0 Å². The average Bonchev–Trinajstić information content (AvgIpc) is 2.78. The van der Waals surface area contributed by atoms with Gasteiger partial charge in [-0.25, -0.2) is 13.1 Å². The van der Waals surface area contributed by atoms with Gasteiger partial charge in [0.05, 0.1) is 10.6 Å². The van der Waals surface area contributed by atoms with E-state index in [2.05, 4.69) is 10.0 Å². The van der Waals surface area contributed by atoms with Crippen molar-refractivity contribution in [1.29, 1.82) is 0 Å². The maximum absolute atomic E-state index is 12.7. The largest absolute Gasteiger partial charge is 0.325 e. The molecule has 1 heterocycles. The van der Waals surface area contributed by atoms with E-state index in [9.17, 15) is 13.2 Å². The van der Waals surface area contributed by atoms with Gasteiger partial charge in [0.2, 0.25) is 15.9 Å². The van der Waals surface area contributed by atoms with Gasteiger partial charge in [-0.05, 0) is 54.7 Å². The molecule has 0 spiro atoms. The van der Waals surface area contributed by atoms with Gasteiger partial charge in [0.15, 0.2) is 0 Å². The van der Waals surface area contributed by atoms with Crippen LogP contribution in [0.3, 0.4) is 0 Å². The lowest BCUT2D eigenvalue weighted by atomic mass is 9.76. The van der Waals surface area contributed by atoms with Crippen LogP contribution in [0.4, 0.5) is 5.69 Å². The first kappa shape index (κ1) is 18.8. The fraction of sp³-hybridized carbons (Fsp3) is 0.316. The fourth-order valence-electron chi connectivity index (χ4n) is 3.37. The molecule has 27 heavy (non-hydrogen) atoms. The molecule has 0 aromatic heterocycles. The van der Waals surface area contributed by atoms with Crippen LogP contribution in [-0.2, 0) is 14.8 Å². The van der Waals surface area contributed by atoms with Crippen molar-refractivity contribution in [3.63, 3.8) is 0 Å². The number of thioether (sulfide) groups is 1. The lowest BCUT2D eigenvalue weighted by Gasteiger charge is -2.36. The Morgan fingerprint density at radius 3 is 2.59 bits per heavy atom. The number of hydrogen-bond donors (Lipinski definition) is 2. The highest BCUT2D eigenvalue weighted by molar-refractivity contribution is 7.99. The molecule has 0 radical (unpaired) electrons. The summed E-state index contributed by atoms with van der Waals surface area (Å²) < 4.78 is 28.2. The molecule has 1 aliphatic carbocycles. The van der Waals surface area contributed by atoms with Crippen LogP contribution in [0.15, 0.2) is 52.3 Å². The van der Waals surface area contributed by atoms with Crippen molar-refractivity contribution in [2.24, 2.45) is 0 Å². The fourth-order valence-corrected chi connectivity index (χ4v) is 5.73. The second kappa shape index (κ2) is 7.47. The summed E-state index contributed by atoms with van der Waals surface area (Å²) in [6, 6.07) is 12.5. The van der Waals surface area contributed by atoms with Crippen LogP contribution in [0, 0.1) is 0 Å². The molecule has 0 saturated heterocycles. The Morgan fingerprint density at radius 1 is 1.11 bits per heavy atom. The van der Waals surface area contributed by atoms with E-state index in [-0.39, 0.29) is 16.8 Å². The van der Waals surface area contributed by atoms with Crippen molar-refractivity contribution in [3.05, 3.63) is 53.1 Å². The van der Waals surface area contributed by atoms with Gasteiger partial charge in [0.25, 0.3) is 0 Å². The third kappa shape index (κ3) is 4.16. The molecule has 1 fully saturated rings. The van der Waals surface area contributed by atoms with Gasteiger partial charge in [-0.1, -0.05) is 23.7 Å². The van der Waals surface area contributed by atoms with Crippen LogP contribution in [0.25, 0.3) is 0 Å². The summed E-state index contributed by atoms with van der Waals surface area (Å²) >= 11 is 7.46. The van der Waals surface area contributed by atoms with Crippen molar-refractivity contribution in [2.45, 2.75) is 41.0 Å². The van der Waals surface area contributed by atoms with Crippen LogP contribution in [0.1, 0.15) is 30.7 Å². The van der Waals surface area contributed by atoms with E-state index in [0.717, 1.165) is 17.7 Å². The van der Waals surface area contributed by atoms with E-state index < -0.39 is 10.0 Å². The first-order chi connectivity index (χ1) is 12.9. The molecule has 2 aliphatic rings. The molecule has 1 saturated carbocycles. The Labute approximate surface area is 167 Å². The summed E-state index contributed by atoms with van der Waals surface area (Å²) in [5.74, 6) is 0.948. The Kier molecular flexibility index (Phi) is 5.20. The van der Waals surface area contributed by atoms with Crippen LogP contribution in [0.2, 0.25) is 5.02 Å². The number of anilines is 1. The maximum Gasteiger partial charge on any atom is 0.240 e. The minimum Gasteiger partial charge on any atom is -0.325 e. The number of carbonyl (C=O) groups excluding carboxylic acids is 1. The van der Waals surface area contributed by atoms with E-state index in [0.29, 0.717) is 28.8 Å². The van der Waals surface area contributed by atoms with Crippen molar-refractivity contribution < 1.29 is 13.2 Å². The quantitative estimate of drug-likeness (QED) is 0.780. The third-order valence-electron chi connectivity index (χ3n) is 4.92. The molecule has 2 aromatic carbocycles. The molecule has 1 aliphatic heterocycles. The van der Waals surface area contributed by atoms with Crippen molar-refractivity contribution in [2.75, 3.05) is 11.1 Å². The Bertz CT molecular complexity index is 971. The number of sulfonamides is 1. The summed E-state index contributed by atoms with van der Waals surface area (Å²) in [6.45, 7) is 0. The van der Waals surface area contributed by atoms with E-state index in [1.807, 2.05) is 24.3 Å². The zero-order valence-electron chi connectivity index (χ0n) is 14.4. The third-order valence-corrected chi connectivity index (χ3v) is 7.77. The highest BCUT2D eigenvalue weighted by atomic mass is 35.5. The molecule has 2 aromatic rings. The number of benzene rings is 2. The summed E-state index contributed by atoms with van der Waals surface area (Å²) in [5.41, 5.74) is 1.75. The molecular weight excluding hydrogens is 404 g/mol. The Morgan fingerprint density at radius 2 is 1.85 bits per heavy atom. The van der Waals surface area contributed by atoms with E-state index in [4.69, 9.17) is 11.6 Å². The summed E-state index contributed by atoms with van der Waals surface area (Å²) in [5, 5.41) is 3.48. The summed E-state index contributed by atoms with van der Waals surface area (Å²) in [4.78, 5) is 12.8. The summed E-state index contributed by atoms with van der Waals surface area (Å²) in [7, 11) is -3.63. The predicted molar refractivity (Wildman–Crippen MR) is 108 cm³/mol. The number of hydrogen-bond acceptors (Lipinski definition) is 4. The molecule has 1 amide bonds. The SMILES string of the molecule is O=C1CCSc2ccc(S(=O)(=O)NC3CC(c4ccc(Cl)cc4)C3)cc2N1. The Hall–Kier alpha value is -1.54. The van der Waals surface area contributed by atoms with Gasteiger partial charge < -0.3 is 5.32 Å². The zero-order valence-corrected chi connectivity index (χ0v) is 16.8. The molecule has 2 N–H and O–H groups in total. The average molecular weight is 423 g/mol. The highest BCUT2D eigenvalue weighted by Gasteiger charge is 2.33. The lowest BCUT2D eigenvalue weighted by Crippen LogP contribution is -2.43. The van der Waals surface area contributed by atoms with Gasteiger partial charge in [0, 0.05) is 28.1 Å². The zero-order chi connectivity index (χ0) is 19.0. The van der Waals surface area contributed by atoms with E-state index >= 15 is 0 Å². The normalized spacial score (nSPS) is 22.3. The molecule has 142 valence electrons. The Balaban J connectivity index is 1.44. The second-order valence-electron chi connectivity index (χ2n) is 6.84. The van der Waals surface area contributed by atoms with Crippen molar-refractivity contribution in [1.82, 2.24) is 4.72 Å². The molecule has 0 unspecified atom stereocenters.